The minimum Gasteiger partial charge on any atom is -0.487 e. The van der Waals surface area contributed by atoms with Gasteiger partial charge in [-0.05, 0) is 37.4 Å². The fraction of sp³-hybridized carbons (Fsp3) is 0.348. The highest BCUT2D eigenvalue weighted by molar-refractivity contribution is 6.36. The summed E-state index contributed by atoms with van der Waals surface area (Å²) in [5.74, 6) is 0.555. The van der Waals surface area contributed by atoms with E-state index in [4.69, 9.17) is 4.74 Å². The number of anilines is 1. The summed E-state index contributed by atoms with van der Waals surface area (Å²) in [6.45, 7) is 2.90. The summed E-state index contributed by atoms with van der Waals surface area (Å²) in [7, 11) is 0. The number of fused-ring (bicyclic) bond motifs is 2. The maximum absolute atomic E-state index is 13.6. The van der Waals surface area contributed by atoms with Crippen molar-refractivity contribution in [3.8, 4) is 0 Å². The number of likely N-dealkylation sites (tertiary alicyclic amines) is 1. The first-order valence-corrected chi connectivity index (χ1v) is 9.95. The Bertz CT molecular complexity index is 969. The molecule has 0 radical (unpaired) electrons. The fourth-order valence-electron chi connectivity index (χ4n) is 4.41. The van der Waals surface area contributed by atoms with E-state index in [1.54, 1.807) is 0 Å². The molecule has 1 atom stereocenters. The van der Waals surface area contributed by atoms with Gasteiger partial charge >= 0.3 is 0 Å². The molecular weight excluding hydrogens is 355 g/mol. The Kier molecular flexibility index (Phi) is 4.40. The van der Waals surface area contributed by atoms with Gasteiger partial charge in [-0.3, -0.25) is 4.79 Å². The molecular formula is C23H23FN2O2. The van der Waals surface area contributed by atoms with Crippen LogP contribution < -0.4 is 5.32 Å². The van der Waals surface area contributed by atoms with Gasteiger partial charge in [-0.25, -0.2) is 4.39 Å². The Morgan fingerprint density at radius 3 is 2.96 bits per heavy atom. The largest absolute Gasteiger partial charge is 0.487 e. The molecule has 3 aliphatic rings. The number of carbonyl (C=O) groups is 1. The molecule has 0 aromatic heterocycles. The van der Waals surface area contributed by atoms with Crippen LogP contribution in [0.4, 0.5) is 10.1 Å². The molecule has 0 spiro atoms. The standard InChI is InChI=1S/C23H23FN2O2/c24-17-4-3-10-26(13-17)11-9-15-7-8-18-16(12-15)14-28-22(18)21-19-5-1-2-6-20(19)25-23(21)27/h1-2,5-8,12,17H,3-4,9-11,13-14H2,(H,25,27). The molecule has 0 aliphatic carbocycles. The first kappa shape index (κ1) is 17.4. The number of rotatable bonds is 3. The van der Waals surface area contributed by atoms with Crippen LogP contribution in [0, 0.1) is 0 Å². The third-order valence-corrected chi connectivity index (χ3v) is 5.85. The molecule has 1 fully saturated rings. The van der Waals surface area contributed by atoms with Crippen molar-refractivity contribution in [2.24, 2.45) is 0 Å². The predicted molar refractivity (Wildman–Crippen MR) is 107 cm³/mol. The van der Waals surface area contributed by atoms with E-state index in [1.165, 1.54) is 5.56 Å². The van der Waals surface area contributed by atoms with E-state index in [2.05, 4.69) is 28.4 Å². The van der Waals surface area contributed by atoms with E-state index < -0.39 is 6.17 Å². The van der Waals surface area contributed by atoms with Gasteiger partial charge in [0.15, 0.2) is 0 Å². The molecule has 28 heavy (non-hydrogen) atoms. The van der Waals surface area contributed by atoms with Crippen LogP contribution in [0.25, 0.3) is 11.3 Å². The van der Waals surface area contributed by atoms with Gasteiger partial charge in [0.25, 0.3) is 5.91 Å². The summed E-state index contributed by atoms with van der Waals surface area (Å²) in [5, 5.41) is 2.91. The molecule has 0 bridgehead atoms. The smallest absolute Gasteiger partial charge is 0.260 e. The van der Waals surface area contributed by atoms with Crippen LogP contribution in [-0.2, 0) is 22.6 Å². The molecule has 1 saturated heterocycles. The van der Waals surface area contributed by atoms with Gasteiger partial charge in [0, 0.05) is 35.5 Å². The van der Waals surface area contributed by atoms with E-state index in [0.29, 0.717) is 30.9 Å². The van der Waals surface area contributed by atoms with Crippen LogP contribution in [0.15, 0.2) is 42.5 Å². The molecule has 3 aliphatic heterocycles. The molecule has 3 heterocycles. The number of benzene rings is 2. The van der Waals surface area contributed by atoms with Crippen LogP contribution in [-0.4, -0.2) is 36.6 Å². The van der Waals surface area contributed by atoms with Crippen LogP contribution in [0.1, 0.15) is 35.1 Å². The van der Waals surface area contributed by atoms with Crippen molar-refractivity contribution in [2.45, 2.75) is 32.0 Å². The zero-order valence-electron chi connectivity index (χ0n) is 15.7. The molecule has 144 valence electrons. The van der Waals surface area contributed by atoms with Gasteiger partial charge in [0.1, 0.15) is 18.5 Å². The van der Waals surface area contributed by atoms with Crippen LogP contribution in [0.3, 0.4) is 0 Å². The fourth-order valence-corrected chi connectivity index (χ4v) is 4.41. The second-order valence-electron chi connectivity index (χ2n) is 7.77. The summed E-state index contributed by atoms with van der Waals surface area (Å²) in [6.07, 6.45) is 1.85. The summed E-state index contributed by atoms with van der Waals surface area (Å²) < 4.78 is 19.5. The number of para-hydroxylation sites is 1. The van der Waals surface area contributed by atoms with E-state index >= 15 is 0 Å². The SMILES string of the molecule is O=C1Nc2ccccc2C1=C1OCc2cc(CCN3CCCC(F)C3)ccc21. The van der Waals surface area contributed by atoms with Crippen LogP contribution >= 0.6 is 0 Å². The molecule has 5 rings (SSSR count). The minimum atomic E-state index is -0.684. The second kappa shape index (κ2) is 7.06. The Morgan fingerprint density at radius 1 is 1.18 bits per heavy atom. The van der Waals surface area contributed by atoms with Gasteiger partial charge < -0.3 is 15.0 Å². The molecule has 1 unspecified atom stereocenters. The van der Waals surface area contributed by atoms with Gasteiger partial charge in [-0.15, -0.1) is 0 Å². The highest BCUT2D eigenvalue weighted by Gasteiger charge is 2.32. The van der Waals surface area contributed by atoms with Crippen molar-refractivity contribution in [2.75, 3.05) is 25.0 Å². The van der Waals surface area contributed by atoms with E-state index in [9.17, 15) is 9.18 Å². The van der Waals surface area contributed by atoms with Crippen molar-refractivity contribution in [1.29, 1.82) is 0 Å². The number of amides is 1. The lowest BCUT2D eigenvalue weighted by atomic mass is 9.98. The topological polar surface area (TPSA) is 41.6 Å². The first-order valence-electron chi connectivity index (χ1n) is 9.95. The number of ether oxygens (including phenoxy) is 1. The molecule has 1 amide bonds. The maximum Gasteiger partial charge on any atom is 0.260 e. The summed E-state index contributed by atoms with van der Waals surface area (Å²) in [5.41, 5.74) is 5.67. The summed E-state index contributed by atoms with van der Waals surface area (Å²) in [4.78, 5) is 14.7. The zero-order valence-corrected chi connectivity index (χ0v) is 15.7. The monoisotopic (exact) mass is 378 g/mol. The van der Waals surface area contributed by atoms with Crippen molar-refractivity contribution in [1.82, 2.24) is 4.90 Å². The number of piperidine rings is 1. The number of nitrogens with one attached hydrogen (secondary N) is 1. The minimum absolute atomic E-state index is 0.112. The van der Waals surface area contributed by atoms with Gasteiger partial charge in [-0.1, -0.05) is 36.4 Å². The Hall–Kier alpha value is -2.66. The van der Waals surface area contributed by atoms with Crippen LogP contribution in [0.2, 0.25) is 0 Å². The Morgan fingerprint density at radius 2 is 2.07 bits per heavy atom. The van der Waals surface area contributed by atoms with Gasteiger partial charge in [-0.2, -0.15) is 0 Å². The summed E-state index contributed by atoms with van der Waals surface area (Å²) in [6, 6.07) is 14.0. The lowest BCUT2D eigenvalue weighted by Gasteiger charge is -2.28. The van der Waals surface area contributed by atoms with Crippen LogP contribution in [0.5, 0.6) is 0 Å². The van der Waals surface area contributed by atoms with Crippen molar-refractivity contribution >= 4 is 22.9 Å². The van der Waals surface area contributed by atoms with Crippen molar-refractivity contribution in [3.63, 3.8) is 0 Å². The lowest BCUT2D eigenvalue weighted by Crippen LogP contribution is -2.37. The maximum atomic E-state index is 13.6. The number of carbonyl (C=O) groups excluding carboxylic acids is 1. The highest BCUT2D eigenvalue weighted by Crippen LogP contribution is 2.41. The van der Waals surface area contributed by atoms with Gasteiger partial charge in [0.2, 0.25) is 0 Å². The first-order chi connectivity index (χ1) is 13.7. The molecule has 2 aromatic rings. The third kappa shape index (κ3) is 3.10. The molecule has 2 aromatic carbocycles. The Labute approximate surface area is 164 Å². The highest BCUT2D eigenvalue weighted by atomic mass is 19.1. The number of hydrogen-bond donors (Lipinski definition) is 1. The quantitative estimate of drug-likeness (QED) is 0.821. The van der Waals surface area contributed by atoms with E-state index in [-0.39, 0.29) is 5.91 Å². The van der Waals surface area contributed by atoms with E-state index in [1.807, 2.05) is 24.3 Å². The van der Waals surface area contributed by atoms with Gasteiger partial charge in [0.05, 0.1) is 5.57 Å². The average molecular weight is 378 g/mol. The molecule has 5 heteroatoms. The normalized spacial score (nSPS) is 23.9. The number of nitrogens with zero attached hydrogens (tertiary/aromatic N) is 1. The second-order valence-corrected chi connectivity index (χ2v) is 7.77. The summed E-state index contributed by atoms with van der Waals surface area (Å²) >= 11 is 0. The van der Waals surface area contributed by atoms with Crippen molar-refractivity contribution < 1.29 is 13.9 Å². The van der Waals surface area contributed by atoms with E-state index in [0.717, 1.165) is 48.3 Å². The number of halogens is 1. The molecule has 4 nitrogen and oxygen atoms in total. The number of alkyl halides is 1. The van der Waals surface area contributed by atoms with Crippen molar-refractivity contribution in [3.05, 3.63) is 64.7 Å². The lowest BCUT2D eigenvalue weighted by molar-refractivity contribution is -0.110. The molecule has 1 N–H and O–H groups in total. The third-order valence-electron chi connectivity index (χ3n) is 5.85. The molecule has 0 saturated carbocycles. The average Bonchev–Trinajstić information content (AvgIpc) is 3.25. The number of hydrogen-bond acceptors (Lipinski definition) is 3. The Balaban J connectivity index is 1.38. The zero-order chi connectivity index (χ0) is 19.1. The predicted octanol–water partition coefficient (Wildman–Crippen LogP) is 4.01.